The van der Waals surface area contributed by atoms with Crippen molar-refractivity contribution in [3.8, 4) is 0 Å². The molecule has 2 rings (SSSR count). The molecule has 0 aliphatic carbocycles. The molecule has 0 aromatic heterocycles. The lowest BCUT2D eigenvalue weighted by Crippen LogP contribution is -2.50. The Balaban J connectivity index is 2.21. The highest BCUT2D eigenvalue weighted by Crippen LogP contribution is 2.16. The number of carbonyl (C=O) groups excluding carboxylic acids is 2. The van der Waals surface area contributed by atoms with E-state index in [1.54, 1.807) is 11.9 Å². The zero-order valence-electron chi connectivity index (χ0n) is 9.89. The van der Waals surface area contributed by atoms with E-state index in [4.69, 9.17) is 0 Å². The van der Waals surface area contributed by atoms with E-state index in [0.717, 1.165) is 0 Å². The van der Waals surface area contributed by atoms with E-state index < -0.39 is 11.7 Å². The van der Waals surface area contributed by atoms with Crippen LogP contribution in [0.1, 0.15) is 10.4 Å². The normalized spacial score (nSPS) is 16.1. The second-order valence-electron chi connectivity index (χ2n) is 4.21. The highest BCUT2D eigenvalue weighted by Gasteiger charge is 2.27. The minimum absolute atomic E-state index is 0.00836. The molecular formula is C12H13FN2O2S. The third kappa shape index (κ3) is 2.48. The Bertz CT molecular complexity index is 507. The van der Waals surface area contributed by atoms with Crippen LogP contribution in [0.4, 0.5) is 4.39 Å². The molecule has 0 spiro atoms. The third-order valence-electron chi connectivity index (χ3n) is 2.92. The number of hydrogen-bond acceptors (Lipinski definition) is 3. The van der Waals surface area contributed by atoms with Crippen LogP contribution in [-0.4, -0.2) is 48.3 Å². The molecule has 1 aliphatic rings. The Morgan fingerprint density at radius 1 is 1.39 bits per heavy atom. The van der Waals surface area contributed by atoms with Crippen molar-refractivity contribution in [2.45, 2.75) is 4.90 Å². The van der Waals surface area contributed by atoms with E-state index in [2.05, 4.69) is 12.6 Å². The minimum atomic E-state index is -0.593. The Kier molecular flexibility index (Phi) is 3.56. The van der Waals surface area contributed by atoms with Crippen molar-refractivity contribution in [2.75, 3.05) is 26.7 Å². The molecule has 6 heteroatoms. The van der Waals surface area contributed by atoms with Crippen LogP contribution in [0.15, 0.2) is 23.1 Å². The lowest BCUT2D eigenvalue weighted by molar-refractivity contribution is -0.133. The molecule has 0 unspecified atom stereocenters. The molecule has 1 aliphatic heterocycles. The van der Waals surface area contributed by atoms with Crippen LogP contribution in [0.3, 0.4) is 0 Å². The SMILES string of the molecule is CN1CCN(C(=O)c2cc(S)ccc2F)CC1=O. The van der Waals surface area contributed by atoms with Gasteiger partial charge in [0, 0.05) is 25.0 Å². The van der Waals surface area contributed by atoms with E-state index in [1.165, 1.54) is 23.1 Å². The van der Waals surface area contributed by atoms with Crippen molar-refractivity contribution in [1.29, 1.82) is 0 Å². The summed E-state index contributed by atoms with van der Waals surface area (Å²) >= 11 is 4.08. The van der Waals surface area contributed by atoms with Crippen LogP contribution in [0, 0.1) is 5.82 Å². The molecule has 1 aromatic rings. The molecule has 1 fully saturated rings. The quantitative estimate of drug-likeness (QED) is 0.773. The van der Waals surface area contributed by atoms with Gasteiger partial charge in [-0.05, 0) is 18.2 Å². The van der Waals surface area contributed by atoms with Gasteiger partial charge in [0.1, 0.15) is 12.4 Å². The number of halogens is 1. The lowest BCUT2D eigenvalue weighted by Gasteiger charge is -2.32. The Morgan fingerprint density at radius 2 is 2.11 bits per heavy atom. The molecule has 0 saturated carbocycles. The first-order valence-electron chi connectivity index (χ1n) is 5.51. The zero-order valence-corrected chi connectivity index (χ0v) is 10.8. The van der Waals surface area contributed by atoms with Crippen LogP contribution < -0.4 is 0 Å². The van der Waals surface area contributed by atoms with Crippen molar-refractivity contribution in [3.63, 3.8) is 0 Å². The van der Waals surface area contributed by atoms with Gasteiger partial charge in [-0.15, -0.1) is 12.6 Å². The Hall–Kier alpha value is -1.56. The first-order chi connectivity index (χ1) is 8.49. The zero-order chi connectivity index (χ0) is 13.3. The van der Waals surface area contributed by atoms with E-state index in [-0.39, 0.29) is 18.0 Å². The Labute approximate surface area is 110 Å². The van der Waals surface area contributed by atoms with Crippen molar-refractivity contribution in [1.82, 2.24) is 9.80 Å². The fourth-order valence-electron chi connectivity index (χ4n) is 1.78. The van der Waals surface area contributed by atoms with Gasteiger partial charge in [-0.25, -0.2) is 4.39 Å². The molecule has 1 heterocycles. The molecule has 0 bridgehead atoms. The number of nitrogens with zero attached hydrogens (tertiary/aromatic N) is 2. The second-order valence-corrected chi connectivity index (χ2v) is 4.72. The average Bonchev–Trinajstić information content (AvgIpc) is 2.35. The number of rotatable bonds is 1. The smallest absolute Gasteiger partial charge is 0.257 e. The van der Waals surface area contributed by atoms with Gasteiger partial charge in [-0.3, -0.25) is 9.59 Å². The summed E-state index contributed by atoms with van der Waals surface area (Å²) in [7, 11) is 1.68. The van der Waals surface area contributed by atoms with Gasteiger partial charge in [0.25, 0.3) is 5.91 Å². The van der Waals surface area contributed by atoms with Gasteiger partial charge >= 0.3 is 0 Å². The number of benzene rings is 1. The molecule has 1 aromatic carbocycles. The second kappa shape index (κ2) is 4.97. The molecule has 4 nitrogen and oxygen atoms in total. The summed E-state index contributed by atoms with van der Waals surface area (Å²) in [5.41, 5.74) is -0.0418. The van der Waals surface area contributed by atoms with Crippen LogP contribution in [0.2, 0.25) is 0 Å². The summed E-state index contributed by atoms with van der Waals surface area (Å²) in [4.78, 5) is 27.0. The van der Waals surface area contributed by atoms with Crippen LogP contribution in [0.5, 0.6) is 0 Å². The van der Waals surface area contributed by atoms with Crippen molar-refractivity contribution >= 4 is 24.4 Å². The van der Waals surface area contributed by atoms with Crippen LogP contribution in [-0.2, 0) is 4.79 Å². The number of carbonyl (C=O) groups is 2. The maximum atomic E-state index is 13.6. The molecule has 96 valence electrons. The monoisotopic (exact) mass is 268 g/mol. The largest absolute Gasteiger partial charge is 0.342 e. The highest BCUT2D eigenvalue weighted by atomic mass is 32.1. The molecule has 0 N–H and O–H groups in total. The summed E-state index contributed by atoms with van der Waals surface area (Å²) in [6.07, 6.45) is 0. The summed E-state index contributed by atoms with van der Waals surface area (Å²) in [5, 5.41) is 0. The lowest BCUT2D eigenvalue weighted by atomic mass is 10.1. The van der Waals surface area contributed by atoms with Gasteiger partial charge in [-0.2, -0.15) is 0 Å². The molecule has 2 amide bonds. The predicted octanol–water partition coefficient (Wildman–Crippen LogP) is 1.03. The first-order valence-corrected chi connectivity index (χ1v) is 5.95. The van der Waals surface area contributed by atoms with Crippen molar-refractivity contribution in [2.24, 2.45) is 0 Å². The minimum Gasteiger partial charge on any atom is -0.342 e. The molecule has 18 heavy (non-hydrogen) atoms. The third-order valence-corrected chi connectivity index (χ3v) is 3.20. The van der Waals surface area contributed by atoms with E-state index in [9.17, 15) is 14.0 Å². The topological polar surface area (TPSA) is 40.6 Å². The van der Waals surface area contributed by atoms with Gasteiger partial charge in [0.2, 0.25) is 5.91 Å². The van der Waals surface area contributed by atoms with Gasteiger partial charge < -0.3 is 9.80 Å². The molecular weight excluding hydrogens is 255 g/mol. The highest BCUT2D eigenvalue weighted by molar-refractivity contribution is 7.80. The standard InChI is InChI=1S/C12H13FN2O2S/c1-14-4-5-15(7-11(14)16)12(17)9-6-8(18)2-3-10(9)13/h2-3,6,18H,4-5,7H2,1H3. The van der Waals surface area contributed by atoms with Crippen molar-refractivity contribution in [3.05, 3.63) is 29.6 Å². The summed E-state index contributed by atoms with van der Waals surface area (Å²) in [6, 6.07) is 4.06. The van der Waals surface area contributed by atoms with Gasteiger partial charge in [0.15, 0.2) is 0 Å². The summed E-state index contributed by atoms with van der Waals surface area (Å²) in [6.45, 7) is 0.871. The number of piperazine rings is 1. The van der Waals surface area contributed by atoms with E-state index >= 15 is 0 Å². The fourth-order valence-corrected chi connectivity index (χ4v) is 1.98. The average molecular weight is 268 g/mol. The fraction of sp³-hybridized carbons (Fsp3) is 0.333. The maximum absolute atomic E-state index is 13.6. The summed E-state index contributed by atoms with van der Waals surface area (Å²) in [5.74, 6) is -1.20. The molecule has 1 saturated heterocycles. The van der Waals surface area contributed by atoms with Gasteiger partial charge in [-0.1, -0.05) is 0 Å². The van der Waals surface area contributed by atoms with E-state index in [0.29, 0.717) is 18.0 Å². The number of thiol groups is 1. The van der Waals surface area contributed by atoms with Crippen LogP contribution >= 0.6 is 12.6 Å². The predicted molar refractivity (Wildman–Crippen MR) is 67.2 cm³/mol. The first kappa shape index (κ1) is 12.9. The maximum Gasteiger partial charge on any atom is 0.257 e. The summed E-state index contributed by atoms with van der Waals surface area (Å²) < 4.78 is 13.6. The van der Waals surface area contributed by atoms with E-state index in [1.807, 2.05) is 0 Å². The number of likely N-dealkylation sites (N-methyl/N-ethyl adjacent to an activating group) is 1. The van der Waals surface area contributed by atoms with Crippen molar-refractivity contribution < 1.29 is 14.0 Å². The molecule has 0 radical (unpaired) electrons. The number of hydrogen-bond donors (Lipinski definition) is 1. The van der Waals surface area contributed by atoms with Crippen LogP contribution in [0.25, 0.3) is 0 Å². The molecule has 0 atom stereocenters. The number of amides is 2. The Morgan fingerprint density at radius 3 is 2.78 bits per heavy atom. The van der Waals surface area contributed by atoms with Gasteiger partial charge in [0.05, 0.1) is 5.56 Å².